The molecule has 2 rings (SSSR count). The molecule has 20 heavy (non-hydrogen) atoms. The average molecular weight is 281 g/mol. The van der Waals surface area contributed by atoms with Gasteiger partial charge in [0.15, 0.2) is 0 Å². The molecule has 2 nitrogen and oxygen atoms in total. The van der Waals surface area contributed by atoms with Gasteiger partial charge in [-0.2, -0.15) is 0 Å². The van der Waals surface area contributed by atoms with E-state index in [4.69, 9.17) is 10.5 Å². The molecule has 2 fully saturated rings. The van der Waals surface area contributed by atoms with E-state index in [0.29, 0.717) is 23.5 Å². The van der Waals surface area contributed by atoms with Crippen LogP contribution in [0.1, 0.15) is 72.6 Å². The van der Waals surface area contributed by atoms with E-state index < -0.39 is 0 Å². The van der Waals surface area contributed by atoms with Gasteiger partial charge in [-0.1, -0.05) is 40.5 Å². The summed E-state index contributed by atoms with van der Waals surface area (Å²) in [5.41, 5.74) is 6.40. The first kappa shape index (κ1) is 16.3. The molecule has 2 saturated carbocycles. The Morgan fingerprint density at radius 2 is 1.80 bits per heavy atom. The van der Waals surface area contributed by atoms with Crippen LogP contribution in [0.3, 0.4) is 0 Å². The molecule has 0 aliphatic heterocycles. The zero-order valence-electron chi connectivity index (χ0n) is 14.0. The molecule has 118 valence electrons. The summed E-state index contributed by atoms with van der Waals surface area (Å²) in [5.74, 6) is 2.22. The monoisotopic (exact) mass is 281 g/mol. The Balaban J connectivity index is 1.94. The first-order valence-corrected chi connectivity index (χ1v) is 8.75. The highest BCUT2D eigenvalue weighted by molar-refractivity contribution is 4.88. The van der Waals surface area contributed by atoms with Gasteiger partial charge in [0.25, 0.3) is 0 Å². The number of rotatable bonds is 3. The second-order valence-electron chi connectivity index (χ2n) is 8.44. The third kappa shape index (κ3) is 4.21. The van der Waals surface area contributed by atoms with E-state index in [1.54, 1.807) is 0 Å². The maximum atomic E-state index is 6.55. The van der Waals surface area contributed by atoms with Gasteiger partial charge in [0.05, 0.1) is 12.2 Å². The normalized spacial score (nSPS) is 39.8. The summed E-state index contributed by atoms with van der Waals surface area (Å²) >= 11 is 0. The Hall–Kier alpha value is -0.0800. The Morgan fingerprint density at radius 3 is 2.40 bits per heavy atom. The predicted molar refractivity (Wildman–Crippen MR) is 85.6 cm³/mol. The van der Waals surface area contributed by atoms with E-state index in [9.17, 15) is 0 Å². The molecule has 0 bridgehead atoms. The second kappa shape index (κ2) is 6.79. The number of nitrogens with two attached hydrogens (primary N) is 1. The number of hydrogen-bond acceptors (Lipinski definition) is 2. The van der Waals surface area contributed by atoms with Gasteiger partial charge in [0.1, 0.15) is 0 Å². The predicted octanol–water partition coefficient (Wildman–Crippen LogP) is 4.37. The van der Waals surface area contributed by atoms with Crippen molar-refractivity contribution in [3.05, 3.63) is 0 Å². The van der Waals surface area contributed by atoms with Gasteiger partial charge < -0.3 is 10.5 Å². The smallest absolute Gasteiger partial charge is 0.0621 e. The van der Waals surface area contributed by atoms with Crippen molar-refractivity contribution < 1.29 is 4.74 Å². The maximum absolute atomic E-state index is 6.55. The third-order valence-corrected chi connectivity index (χ3v) is 5.71. The average Bonchev–Trinajstić information content (AvgIpc) is 2.37. The molecule has 0 amide bonds. The summed E-state index contributed by atoms with van der Waals surface area (Å²) in [6.45, 7) is 10.3. The Morgan fingerprint density at radius 1 is 1.05 bits per heavy atom. The van der Waals surface area contributed by atoms with Crippen molar-refractivity contribution in [2.75, 3.05) is 6.54 Å². The highest BCUT2D eigenvalue weighted by Gasteiger charge is 2.37. The first-order chi connectivity index (χ1) is 9.40. The molecule has 0 aromatic rings. The van der Waals surface area contributed by atoms with Crippen molar-refractivity contribution in [2.24, 2.45) is 28.9 Å². The topological polar surface area (TPSA) is 35.2 Å². The van der Waals surface area contributed by atoms with Crippen molar-refractivity contribution in [2.45, 2.75) is 84.8 Å². The Kier molecular flexibility index (Phi) is 5.53. The van der Waals surface area contributed by atoms with Gasteiger partial charge in [-0.3, -0.25) is 0 Å². The molecule has 5 unspecified atom stereocenters. The summed E-state index contributed by atoms with van der Waals surface area (Å²) in [6, 6.07) is 0. The summed E-state index contributed by atoms with van der Waals surface area (Å²) < 4.78 is 6.55. The summed E-state index contributed by atoms with van der Waals surface area (Å²) in [7, 11) is 0. The number of ether oxygens (including phenoxy) is 1. The van der Waals surface area contributed by atoms with Crippen LogP contribution in [-0.4, -0.2) is 18.8 Å². The van der Waals surface area contributed by atoms with Gasteiger partial charge in [-0.25, -0.2) is 0 Å². The fourth-order valence-electron chi connectivity index (χ4n) is 4.16. The number of hydrogen-bond donors (Lipinski definition) is 1. The van der Waals surface area contributed by atoms with Crippen molar-refractivity contribution >= 4 is 0 Å². The molecule has 0 aromatic heterocycles. The van der Waals surface area contributed by atoms with E-state index in [0.717, 1.165) is 18.4 Å². The molecule has 0 aromatic carbocycles. The molecule has 0 spiro atoms. The minimum absolute atomic E-state index is 0.404. The van der Waals surface area contributed by atoms with Crippen LogP contribution in [0.5, 0.6) is 0 Å². The van der Waals surface area contributed by atoms with Gasteiger partial charge in [-0.05, 0) is 61.8 Å². The molecule has 2 aliphatic carbocycles. The lowest BCUT2D eigenvalue weighted by atomic mass is 9.68. The van der Waals surface area contributed by atoms with Gasteiger partial charge in [0.2, 0.25) is 0 Å². The van der Waals surface area contributed by atoms with Crippen LogP contribution in [0.4, 0.5) is 0 Å². The quantitative estimate of drug-likeness (QED) is 0.833. The lowest BCUT2D eigenvalue weighted by Crippen LogP contribution is -2.42. The SMILES string of the molecule is CC1CCCC(OC2CC(C(C)(C)C)CCC2CN)C1. The zero-order valence-corrected chi connectivity index (χ0v) is 14.0. The van der Waals surface area contributed by atoms with Crippen LogP contribution in [0.15, 0.2) is 0 Å². The molecular weight excluding hydrogens is 246 g/mol. The molecule has 2 heteroatoms. The summed E-state index contributed by atoms with van der Waals surface area (Å²) in [6.07, 6.45) is 9.95. The highest BCUT2D eigenvalue weighted by Crippen LogP contribution is 2.42. The largest absolute Gasteiger partial charge is 0.375 e. The standard InChI is InChI=1S/C18H35NO/c1-13-6-5-7-16(10-13)20-17-11-15(18(2,3)4)9-8-14(17)12-19/h13-17H,5-12,19H2,1-4H3. The van der Waals surface area contributed by atoms with Crippen LogP contribution in [0.2, 0.25) is 0 Å². The first-order valence-electron chi connectivity index (χ1n) is 8.75. The highest BCUT2D eigenvalue weighted by atomic mass is 16.5. The fraction of sp³-hybridized carbons (Fsp3) is 1.00. The van der Waals surface area contributed by atoms with E-state index in [1.807, 2.05) is 0 Å². The lowest BCUT2D eigenvalue weighted by Gasteiger charge is -2.43. The molecule has 5 atom stereocenters. The van der Waals surface area contributed by atoms with Gasteiger partial charge in [-0.15, -0.1) is 0 Å². The molecule has 2 aliphatic rings. The second-order valence-corrected chi connectivity index (χ2v) is 8.44. The van der Waals surface area contributed by atoms with Crippen LogP contribution in [0, 0.1) is 23.2 Å². The molecule has 0 heterocycles. The van der Waals surface area contributed by atoms with E-state index in [-0.39, 0.29) is 0 Å². The Labute approximate surface area is 125 Å². The zero-order chi connectivity index (χ0) is 14.8. The minimum Gasteiger partial charge on any atom is -0.375 e. The van der Waals surface area contributed by atoms with Crippen LogP contribution in [0.25, 0.3) is 0 Å². The summed E-state index contributed by atoms with van der Waals surface area (Å²) in [5, 5.41) is 0. The lowest BCUT2D eigenvalue weighted by molar-refractivity contribution is -0.0952. The third-order valence-electron chi connectivity index (χ3n) is 5.71. The maximum Gasteiger partial charge on any atom is 0.0621 e. The molecule has 0 saturated heterocycles. The molecular formula is C18H35NO. The minimum atomic E-state index is 0.404. The van der Waals surface area contributed by atoms with Crippen molar-refractivity contribution in [1.29, 1.82) is 0 Å². The van der Waals surface area contributed by atoms with Crippen molar-refractivity contribution in [3.8, 4) is 0 Å². The van der Waals surface area contributed by atoms with Crippen molar-refractivity contribution in [3.63, 3.8) is 0 Å². The van der Waals surface area contributed by atoms with Gasteiger partial charge >= 0.3 is 0 Å². The fourth-order valence-corrected chi connectivity index (χ4v) is 4.16. The Bertz CT molecular complexity index is 296. The van der Waals surface area contributed by atoms with Crippen LogP contribution in [-0.2, 0) is 4.74 Å². The van der Waals surface area contributed by atoms with E-state index >= 15 is 0 Å². The van der Waals surface area contributed by atoms with Crippen LogP contribution >= 0.6 is 0 Å². The molecule has 2 N–H and O–H groups in total. The van der Waals surface area contributed by atoms with E-state index in [2.05, 4.69) is 27.7 Å². The van der Waals surface area contributed by atoms with Crippen LogP contribution < -0.4 is 5.73 Å². The van der Waals surface area contributed by atoms with E-state index in [1.165, 1.54) is 44.9 Å². The molecule has 0 radical (unpaired) electrons. The summed E-state index contributed by atoms with van der Waals surface area (Å²) in [4.78, 5) is 0. The van der Waals surface area contributed by atoms with Gasteiger partial charge in [0, 0.05) is 0 Å². The van der Waals surface area contributed by atoms with Crippen molar-refractivity contribution in [1.82, 2.24) is 0 Å².